The third-order valence-corrected chi connectivity index (χ3v) is 5.81. The van der Waals surface area contributed by atoms with Crippen molar-refractivity contribution in [2.75, 3.05) is 26.4 Å². The lowest BCUT2D eigenvalue weighted by atomic mass is 9.92. The summed E-state index contributed by atoms with van der Waals surface area (Å²) in [4.78, 5) is 20.8. The zero-order valence-electron chi connectivity index (χ0n) is 19.1. The Balaban J connectivity index is 1.31. The molecule has 1 amide bonds. The van der Waals surface area contributed by atoms with Gasteiger partial charge in [0.15, 0.2) is 5.76 Å². The highest BCUT2D eigenvalue weighted by molar-refractivity contribution is 5.92. The van der Waals surface area contributed by atoms with Gasteiger partial charge in [-0.25, -0.2) is 4.98 Å². The van der Waals surface area contributed by atoms with Crippen LogP contribution in [0.15, 0.2) is 71.0 Å². The van der Waals surface area contributed by atoms with Crippen molar-refractivity contribution in [1.82, 2.24) is 15.3 Å². The highest BCUT2D eigenvalue weighted by atomic mass is 16.7. The molecule has 2 aromatic heterocycles. The summed E-state index contributed by atoms with van der Waals surface area (Å²) in [5.41, 5.74) is 3.51. The number of amides is 1. The predicted octanol–water partition coefficient (Wildman–Crippen LogP) is 3.36. The number of hydrogen-bond donors (Lipinski definition) is 3. The van der Waals surface area contributed by atoms with Gasteiger partial charge in [-0.3, -0.25) is 4.79 Å². The van der Waals surface area contributed by atoms with Crippen LogP contribution in [0.1, 0.15) is 23.7 Å². The Hall–Kier alpha value is -3.66. The molecule has 2 aromatic carbocycles. The van der Waals surface area contributed by atoms with Crippen LogP contribution in [0.3, 0.4) is 0 Å². The van der Waals surface area contributed by atoms with Crippen LogP contribution < -0.4 is 5.32 Å². The van der Waals surface area contributed by atoms with Crippen LogP contribution in [0.4, 0.5) is 0 Å². The minimum Gasteiger partial charge on any atom is -0.464 e. The molecule has 0 saturated heterocycles. The molecule has 0 fully saturated rings. The number of para-hydroxylation sites is 3. The van der Waals surface area contributed by atoms with E-state index in [1.807, 2.05) is 54.6 Å². The number of benzene rings is 2. The molecule has 182 valence electrons. The van der Waals surface area contributed by atoms with Crippen LogP contribution >= 0.6 is 0 Å². The van der Waals surface area contributed by atoms with Crippen molar-refractivity contribution in [1.29, 1.82) is 0 Å². The number of nitrogens with zero attached hydrogens (tertiary/aromatic N) is 1. The van der Waals surface area contributed by atoms with E-state index in [4.69, 9.17) is 23.7 Å². The first-order valence-electron chi connectivity index (χ1n) is 11.6. The van der Waals surface area contributed by atoms with E-state index in [2.05, 4.69) is 15.3 Å². The molecular formula is C26H27N3O6. The van der Waals surface area contributed by atoms with Gasteiger partial charge in [0.05, 0.1) is 50.3 Å². The number of ether oxygens (including phenoxy) is 3. The molecule has 35 heavy (non-hydrogen) atoms. The molecule has 2 atom stereocenters. The molecule has 0 radical (unpaired) electrons. The monoisotopic (exact) mass is 477 g/mol. The van der Waals surface area contributed by atoms with Gasteiger partial charge < -0.3 is 34.0 Å². The summed E-state index contributed by atoms with van der Waals surface area (Å²) in [5.74, 6) is 0.349. The molecule has 1 aliphatic heterocycles. The molecule has 0 saturated carbocycles. The van der Waals surface area contributed by atoms with Crippen LogP contribution in [0, 0.1) is 0 Å². The third-order valence-electron chi connectivity index (χ3n) is 5.81. The van der Waals surface area contributed by atoms with Crippen LogP contribution in [0.25, 0.3) is 22.0 Å². The van der Waals surface area contributed by atoms with Crippen LogP contribution in [-0.2, 0) is 25.5 Å². The first kappa shape index (κ1) is 23.1. The third kappa shape index (κ3) is 5.37. The largest absolute Gasteiger partial charge is 0.464 e. The number of aliphatic hydroxyl groups is 1. The number of carbonyl (C=O) groups excluding carboxylic acids is 1. The van der Waals surface area contributed by atoms with Crippen molar-refractivity contribution in [3.8, 4) is 0 Å². The number of aliphatic hydroxyl groups excluding tert-OH is 1. The number of allylic oxidation sites excluding steroid dienone is 1. The summed E-state index contributed by atoms with van der Waals surface area (Å²) in [7, 11) is 0. The lowest BCUT2D eigenvalue weighted by Crippen LogP contribution is -2.33. The number of fused-ring (bicyclic) bond motifs is 2. The van der Waals surface area contributed by atoms with E-state index in [9.17, 15) is 4.79 Å². The van der Waals surface area contributed by atoms with Gasteiger partial charge in [0.1, 0.15) is 11.4 Å². The topological polar surface area (TPSA) is 119 Å². The molecule has 3 heterocycles. The second-order valence-corrected chi connectivity index (χ2v) is 8.20. The van der Waals surface area contributed by atoms with E-state index in [1.54, 1.807) is 6.26 Å². The fourth-order valence-corrected chi connectivity index (χ4v) is 4.17. The number of H-pyrrole nitrogens is 1. The molecule has 5 rings (SSSR count). The lowest BCUT2D eigenvalue weighted by molar-refractivity contribution is -0.151. The summed E-state index contributed by atoms with van der Waals surface area (Å²) in [6.07, 6.45) is 3.42. The average Bonchev–Trinajstić information content (AvgIpc) is 3.51. The highest BCUT2D eigenvalue weighted by Crippen LogP contribution is 2.36. The Morgan fingerprint density at radius 2 is 2.00 bits per heavy atom. The minimum absolute atomic E-state index is 0.0478. The molecule has 4 aromatic rings. The van der Waals surface area contributed by atoms with Gasteiger partial charge in [-0.2, -0.15) is 0 Å². The number of rotatable bonds is 10. The molecule has 2 unspecified atom stereocenters. The quantitative estimate of drug-likeness (QED) is 0.300. The number of hydrogen-bond acceptors (Lipinski definition) is 7. The molecule has 9 nitrogen and oxygen atoms in total. The molecule has 0 aliphatic carbocycles. The number of carbonyl (C=O) groups is 1. The van der Waals surface area contributed by atoms with E-state index >= 15 is 0 Å². The number of furan rings is 1. The lowest BCUT2D eigenvalue weighted by Gasteiger charge is -2.28. The van der Waals surface area contributed by atoms with E-state index in [0.717, 1.165) is 27.6 Å². The standard InChI is InChI=1S/C26H27N3O6/c30-9-10-32-11-12-33-25-14-17(19-16-34-22-8-4-1-5-18(19)22)13-23(35-25)26(31)27-15-24-28-20-6-2-3-7-21(20)29-24/h1-8,13,16-17,25,30H,9-12,14-15H2,(H,27,31)(H,28,29). The zero-order valence-corrected chi connectivity index (χ0v) is 19.1. The SMILES string of the molecule is O=C(NCc1nc2ccccc2[nH]1)C1=CC(c2coc3ccccc23)CC(OCCOCCO)O1. The minimum atomic E-state index is -0.636. The van der Waals surface area contributed by atoms with Gasteiger partial charge >= 0.3 is 0 Å². The number of imidazole rings is 1. The number of nitrogens with one attached hydrogen (secondary N) is 2. The van der Waals surface area contributed by atoms with Crippen LogP contribution in [0.5, 0.6) is 0 Å². The Bertz CT molecular complexity index is 1290. The first-order chi connectivity index (χ1) is 17.2. The smallest absolute Gasteiger partial charge is 0.286 e. The fraction of sp³-hybridized carbons (Fsp3) is 0.308. The van der Waals surface area contributed by atoms with Gasteiger partial charge in [-0.1, -0.05) is 30.3 Å². The highest BCUT2D eigenvalue weighted by Gasteiger charge is 2.30. The second-order valence-electron chi connectivity index (χ2n) is 8.20. The maximum atomic E-state index is 13.0. The Labute approximate surface area is 201 Å². The summed E-state index contributed by atoms with van der Waals surface area (Å²) in [6.45, 7) is 1.02. The van der Waals surface area contributed by atoms with Crippen molar-refractivity contribution in [2.24, 2.45) is 0 Å². The Kier molecular flexibility index (Phi) is 7.08. The first-order valence-corrected chi connectivity index (χ1v) is 11.6. The molecule has 1 aliphatic rings. The molecule has 9 heteroatoms. The van der Waals surface area contributed by atoms with Gasteiger partial charge in [0.2, 0.25) is 6.29 Å². The Morgan fingerprint density at radius 1 is 1.14 bits per heavy atom. The van der Waals surface area contributed by atoms with E-state index in [-0.39, 0.29) is 43.9 Å². The van der Waals surface area contributed by atoms with Gasteiger partial charge in [0.25, 0.3) is 5.91 Å². The van der Waals surface area contributed by atoms with Crippen molar-refractivity contribution >= 4 is 27.9 Å². The maximum absolute atomic E-state index is 13.0. The summed E-state index contributed by atoms with van der Waals surface area (Å²) in [6, 6.07) is 15.5. The van der Waals surface area contributed by atoms with Crippen LogP contribution in [0.2, 0.25) is 0 Å². The fourth-order valence-electron chi connectivity index (χ4n) is 4.17. The van der Waals surface area contributed by atoms with Gasteiger partial charge in [0, 0.05) is 23.3 Å². The molecule has 3 N–H and O–H groups in total. The van der Waals surface area contributed by atoms with E-state index < -0.39 is 6.29 Å². The van der Waals surface area contributed by atoms with Crippen LogP contribution in [-0.4, -0.2) is 53.7 Å². The van der Waals surface area contributed by atoms with Crippen molar-refractivity contribution in [3.05, 3.63) is 78.0 Å². The van der Waals surface area contributed by atoms with Crippen molar-refractivity contribution in [2.45, 2.75) is 25.2 Å². The number of aromatic nitrogens is 2. The summed E-state index contributed by atoms with van der Waals surface area (Å²) < 4.78 is 22.8. The van der Waals surface area contributed by atoms with Gasteiger partial charge in [-0.15, -0.1) is 0 Å². The van der Waals surface area contributed by atoms with Gasteiger partial charge in [-0.05, 0) is 24.3 Å². The molecule has 0 bridgehead atoms. The zero-order chi connectivity index (χ0) is 24.0. The summed E-state index contributed by atoms with van der Waals surface area (Å²) >= 11 is 0. The Morgan fingerprint density at radius 3 is 2.89 bits per heavy atom. The summed E-state index contributed by atoms with van der Waals surface area (Å²) in [5, 5.41) is 12.7. The van der Waals surface area contributed by atoms with E-state index in [1.165, 1.54) is 0 Å². The van der Waals surface area contributed by atoms with E-state index in [0.29, 0.717) is 18.9 Å². The van der Waals surface area contributed by atoms with Crippen molar-refractivity contribution in [3.63, 3.8) is 0 Å². The normalized spacial score (nSPS) is 17.9. The number of aromatic amines is 1. The molecular weight excluding hydrogens is 450 g/mol. The molecule has 0 spiro atoms. The maximum Gasteiger partial charge on any atom is 0.286 e. The van der Waals surface area contributed by atoms with Crippen molar-refractivity contribution < 1.29 is 28.5 Å². The average molecular weight is 478 g/mol. The second kappa shape index (κ2) is 10.7. The predicted molar refractivity (Wildman–Crippen MR) is 128 cm³/mol.